The molecule has 1 aromatic heterocycles. The zero-order valence-electron chi connectivity index (χ0n) is 18.6. The van der Waals surface area contributed by atoms with Gasteiger partial charge >= 0.3 is 12.4 Å². The van der Waals surface area contributed by atoms with Crippen molar-refractivity contribution in [3.63, 3.8) is 0 Å². The number of hydrogen-bond donors (Lipinski definition) is 1. The molecule has 1 fully saturated rings. The van der Waals surface area contributed by atoms with E-state index in [0.717, 1.165) is 11.9 Å². The fourth-order valence-corrected chi connectivity index (χ4v) is 3.68. The van der Waals surface area contributed by atoms with Crippen LogP contribution in [0.2, 0.25) is 0 Å². The summed E-state index contributed by atoms with van der Waals surface area (Å²) in [6.07, 6.45) is -6.12. The molecule has 2 N–H and O–H groups in total. The van der Waals surface area contributed by atoms with Crippen molar-refractivity contribution < 1.29 is 35.9 Å². The fourth-order valence-electron chi connectivity index (χ4n) is 3.68. The number of imidazole rings is 1. The number of ether oxygens (including phenoxy) is 1. The fraction of sp³-hybridized carbons (Fsp3) is 0.429. The number of halogens is 6. The van der Waals surface area contributed by atoms with Crippen LogP contribution >= 0.6 is 0 Å². The second-order valence-corrected chi connectivity index (χ2v) is 7.93. The van der Waals surface area contributed by atoms with Gasteiger partial charge in [0.25, 0.3) is 0 Å². The molecular weight excluding hydrogens is 482 g/mol. The molecule has 190 valence electrons. The van der Waals surface area contributed by atoms with Gasteiger partial charge in [-0.05, 0) is 25.5 Å². The predicted octanol–water partition coefficient (Wildman–Crippen LogP) is 3.26. The summed E-state index contributed by atoms with van der Waals surface area (Å²) in [5.41, 5.74) is 1.74. The lowest BCUT2D eigenvalue weighted by atomic mass is 9.93. The molecule has 1 aliphatic rings. The Morgan fingerprint density at radius 3 is 2.54 bits per heavy atom. The molecule has 2 atom stereocenters. The molecule has 1 aliphatic heterocycles. The van der Waals surface area contributed by atoms with Crippen molar-refractivity contribution in [3.05, 3.63) is 42.0 Å². The number of methoxy groups -OCH3 is 1. The van der Waals surface area contributed by atoms with E-state index in [2.05, 4.69) is 15.1 Å². The lowest BCUT2D eigenvalue weighted by Crippen LogP contribution is -2.53. The molecule has 1 aromatic carbocycles. The number of alkyl halides is 6. The van der Waals surface area contributed by atoms with Crippen molar-refractivity contribution in [2.75, 3.05) is 20.2 Å². The van der Waals surface area contributed by atoms with Gasteiger partial charge in [-0.3, -0.25) is 9.79 Å². The third kappa shape index (κ3) is 6.31. The quantitative estimate of drug-likeness (QED) is 0.283. The number of nitrogens with two attached hydrogens (primary N) is 1. The largest absolute Gasteiger partial charge is 0.495 e. The smallest absolute Gasteiger partial charge is 0.406 e. The summed E-state index contributed by atoms with van der Waals surface area (Å²) in [5, 5.41) is 3.56. The SMILES string of the molecule is COc1cc(/C(C=N[C@H]2CC(C(F)(F)F)CN(CC(F)(F)F)C2=O)=N/N)ccc1-n1cnc(C)c1. The van der Waals surface area contributed by atoms with Crippen molar-refractivity contribution in [2.24, 2.45) is 21.9 Å². The van der Waals surface area contributed by atoms with Gasteiger partial charge in [-0.15, -0.1) is 0 Å². The Labute approximate surface area is 196 Å². The van der Waals surface area contributed by atoms with Gasteiger partial charge in [0.05, 0.1) is 37.0 Å². The van der Waals surface area contributed by atoms with E-state index < -0.39 is 49.7 Å². The average Bonchev–Trinajstić information content (AvgIpc) is 3.20. The Balaban J connectivity index is 1.87. The Bertz CT molecular complexity index is 1120. The van der Waals surface area contributed by atoms with Crippen molar-refractivity contribution in [2.45, 2.75) is 31.7 Å². The van der Waals surface area contributed by atoms with Gasteiger partial charge in [0.1, 0.15) is 24.0 Å². The molecule has 0 spiro atoms. The van der Waals surface area contributed by atoms with Gasteiger partial charge in [-0.2, -0.15) is 31.4 Å². The third-order valence-electron chi connectivity index (χ3n) is 5.36. The second kappa shape index (κ2) is 9.96. The summed E-state index contributed by atoms with van der Waals surface area (Å²) >= 11 is 0. The van der Waals surface area contributed by atoms with Gasteiger partial charge in [-0.25, -0.2) is 4.98 Å². The van der Waals surface area contributed by atoms with Crippen LogP contribution in [-0.2, 0) is 4.79 Å². The maximum Gasteiger partial charge on any atom is 0.406 e. The maximum absolute atomic E-state index is 13.3. The molecule has 3 rings (SSSR count). The van der Waals surface area contributed by atoms with E-state index in [1.54, 1.807) is 42.2 Å². The molecule has 2 heterocycles. The monoisotopic (exact) mass is 504 g/mol. The lowest BCUT2D eigenvalue weighted by molar-refractivity contribution is -0.202. The van der Waals surface area contributed by atoms with Crippen LogP contribution < -0.4 is 10.6 Å². The molecule has 0 saturated carbocycles. The minimum Gasteiger partial charge on any atom is -0.495 e. The molecule has 2 aromatic rings. The van der Waals surface area contributed by atoms with Gasteiger partial charge in [0.15, 0.2) is 0 Å². The molecule has 1 unspecified atom stereocenters. The second-order valence-electron chi connectivity index (χ2n) is 7.93. The molecule has 1 saturated heterocycles. The first-order valence-electron chi connectivity index (χ1n) is 10.2. The number of aliphatic imine (C=N–C) groups is 1. The number of aromatic nitrogens is 2. The van der Waals surface area contributed by atoms with E-state index in [0.29, 0.717) is 17.0 Å². The highest BCUT2D eigenvalue weighted by Crippen LogP contribution is 2.35. The summed E-state index contributed by atoms with van der Waals surface area (Å²) < 4.78 is 85.5. The van der Waals surface area contributed by atoms with Crippen molar-refractivity contribution in [1.29, 1.82) is 0 Å². The number of aryl methyl sites for hydroxylation is 1. The number of piperidine rings is 1. The highest BCUT2D eigenvalue weighted by atomic mass is 19.4. The Kier molecular flexibility index (Phi) is 7.41. The van der Waals surface area contributed by atoms with Crippen molar-refractivity contribution in [1.82, 2.24) is 14.5 Å². The Morgan fingerprint density at radius 2 is 2.00 bits per heavy atom. The number of carbonyl (C=O) groups excluding carboxylic acids is 1. The predicted molar refractivity (Wildman–Crippen MR) is 115 cm³/mol. The van der Waals surface area contributed by atoms with E-state index in [-0.39, 0.29) is 10.6 Å². The van der Waals surface area contributed by atoms with E-state index in [1.165, 1.54) is 7.11 Å². The lowest BCUT2D eigenvalue weighted by Gasteiger charge is -2.36. The van der Waals surface area contributed by atoms with Crippen molar-refractivity contribution >= 4 is 17.8 Å². The summed E-state index contributed by atoms with van der Waals surface area (Å²) in [5.74, 6) is 2.50. The van der Waals surface area contributed by atoms with Gasteiger partial charge in [-0.1, -0.05) is 6.07 Å². The first kappa shape index (κ1) is 26.0. The summed E-state index contributed by atoms with van der Waals surface area (Å²) in [4.78, 5) is 20.6. The minimum absolute atomic E-state index is 0.0130. The van der Waals surface area contributed by atoms with Crippen LogP contribution in [0.15, 0.2) is 40.8 Å². The summed E-state index contributed by atoms with van der Waals surface area (Å²) in [6.45, 7) is -1.08. The zero-order chi connectivity index (χ0) is 26.0. The van der Waals surface area contributed by atoms with E-state index in [9.17, 15) is 31.1 Å². The Morgan fingerprint density at radius 1 is 1.29 bits per heavy atom. The van der Waals surface area contributed by atoms with Crippen LogP contribution in [-0.4, -0.2) is 70.9 Å². The van der Waals surface area contributed by atoms with E-state index in [4.69, 9.17) is 10.6 Å². The summed E-state index contributed by atoms with van der Waals surface area (Å²) in [6, 6.07) is 3.11. The number of carbonyl (C=O) groups is 1. The number of hydrogen-bond acceptors (Lipinski definition) is 6. The van der Waals surface area contributed by atoms with Crippen LogP contribution in [0.1, 0.15) is 17.7 Å². The molecule has 1 amide bonds. The van der Waals surface area contributed by atoms with Gasteiger partial charge in [0, 0.05) is 18.3 Å². The van der Waals surface area contributed by atoms with Crippen LogP contribution in [0.4, 0.5) is 26.3 Å². The van der Waals surface area contributed by atoms with Crippen LogP contribution in [0.5, 0.6) is 5.75 Å². The molecule has 8 nitrogen and oxygen atoms in total. The normalized spacial score (nSPS) is 20.1. The van der Waals surface area contributed by atoms with Crippen LogP contribution in [0.25, 0.3) is 5.69 Å². The van der Waals surface area contributed by atoms with Crippen molar-refractivity contribution in [3.8, 4) is 11.4 Å². The summed E-state index contributed by atoms with van der Waals surface area (Å²) in [7, 11) is 1.42. The number of amides is 1. The first-order chi connectivity index (χ1) is 16.3. The molecule has 35 heavy (non-hydrogen) atoms. The topological polar surface area (TPSA) is 98.1 Å². The molecule has 0 aliphatic carbocycles. The molecule has 14 heteroatoms. The van der Waals surface area contributed by atoms with Crippen LogP contribution in [0, 0.1) is 12.8 Å². The van der Waals surface area contributed by atoms with Gasteiger partial charge in [0.2, 0.25) is 5.91 Å². The average molecular weight is 504 g/mol. The van der Waals surface area contributed by atoms with E-state index in [1.807, 2.05) is 0 Å². The standard InChI is InChI=1S/C21H22F6N6O2/c1-12-8-33(11-30-12)17-4-3-13(5-18(17)35-2)16(31-28)7-29-15-6-14(21(25,26)27)9-32(19(15)34)10-20(22,23)24/h3-5,7-8,11,14-15H,6,9-10,28H2,1-2H3/b29-7?,31-16+/t14?,15-/m0/s1. The molecular formula is C21H22F6N6O2. The highest BCUT2D eigenvalue weighted by Gasteiger charge is 2.49. The number of rotatable bonds is 6. The minimum atomic E-state index is -4.85. The van der Waals surface area contributed by atoms with E-state index >= 15 is 0 Å². The maximum atomic E-state index is 13.3. The van der Waals surface area contributed by atoms with Crippen LogP contribution in [0.3, 0.4) is 0 Å². The number of hydrazone groups is 1. The first-order valence-corrected chi connectivity index (χ1v) is 10.2. The highest BCUT2D eigenvalue weighted by molar-refractivity contribution is 6.38. The number of benzene rings is 1. The zero-order valence-corrected chi connectivity index (χ0v) is 18.6. The number of nitrogens with zero attached hydrogens (tertiary/aromatic N) is 5. The van der Waals surface area contributed by atoms with Gasteiger partial charge < -0.3 is 20.0 Å². The third-order valence-corrected chi connectivity index (χ3v) is 5.36. The Hall–Kier alpha value is -3.58. The molecule has 0 radical (unpaired) electrons. The molecule has 0 bridgehead atoms. The number of likely N-dealkylation sites (tertiary alicyclic amines) is 1.